The van der Waals surface area contributed by atoms with Gasteiger partial charge in [0.1, 0.15) is 17.5 Å². The Hall–Kier alpha value is -2.17. The van der Waals surface area contributed by atoms with Gasteiger partial charge in [-0.15, -0.1) is 0 Å². The highest BCUT2D eigenvalue weighted by Crippen LogP contribution is 2.20. The first-order valence-electron chi connectivity index (χ1n) is 5.12. The third-order valence-corrected chi connectivity index (χ3v) is 2.63. The normalized spacial score (nSPS) is 10.5. The molecule has 1 aromatic carbocycles. The van der Waals surface area contributed by atoms with E-state index in [1.54, 1.807) is 19.9 Å². The van der Waals surface area contributed by atoms with E-state index in [-0.39, 0.29) is 17.2 Å². The summed E-state index contributed by atoms with van der Waals surface area (Å²) in [4.78, 5) is 18.3. The zero-order chi connectivity index (χ0) is 12.6. The zero-order valence-electron chi connectivity index (χ0n) is 9.54. The van der Waals surface area contributed by atoms with Gasteiger partial charge in [-0.1, -0.05) is 0 Å². The predicted octanol–water partition coefficient (Wildman–Crippen LogP) is 1.78. The van der Waals surface area contributed by atoms with Gasteiger partial charge in [-0.3, -0.25) is 4.79 Å². The smallest absolute Gasteiger partial charge is 0.256 e. The number of aromatic nitrogens is 2. The molecule has 17 heavy (non-hydrogen) atoms. The fourth-order valence-electron chi connectivity index (χ4n) is 1.57. The summed E-state index contributed by atoms with van der Waals surface area (Å²) in [7, 11) is 0. The minimum atomic E-state index is -0.325. The molecule has 0 aliphatic rings. The van der Waals surface area contributed by atoms with Gasteiger partial charge >= 0.3 is 0 Å². The third-order valence-electron chi connectivity index (χ3n) is 2.63. The molecule has 2 rings (SSSR count). The summed E-state index contributed by atoms with van der Waals surface area (Å²) in [6, 6.07) is 4.27. The van der Waals surface area contributed by atoms with Crippen molar-refractivity contribution in [2.75, 3.05) is 5.73 Å². The number of H-pyrrole nitrogens is 1. The van der Waals surface area contributed by atoms with Crippen LogP contribution < -0.4 is 11.3 Å². The lowest BCUT2D eigenvalue weighted by molar-refractivity contribution is 0.627. The monoisotopic (exact) mass is 233 g/mol. The van der Waals surface area contributed by atoms with Crippen LogP contribution in [0.4, 0.5) is 10.2 Å². The lowest BCUT2D eigenvalue weighted by Crippen LogP contribution is -2.15. The van der Waals surface area contributed by atoms with Crippen LogP contribution >= 0.6 is 0 Å². The van der Waals surface area contributed by atoms with E-state index in [1.165, 1.54) is 12.1 Å². The number of aryl methyl sites for hydroxylation is 1. The van der Waals surface area contributed by atoms with Gasteiger partial charge in [0.2, 0.25) is 0 Å². The maximum atomic E-state index is 13.0. The van der Waals surface area contributed by atoms with E-state index in [4.69, 9.17) is 5.73 Å². The summed E-state index contributed by atoms with van der Waals surface area (Å²) in [5.74, 6) is 0.219. The topological polar surface area (TPSA) is 71.8 Å². The van der Waals surface area contributed by atoms with Crippen LogP contribution in [0.25, 0.3) is 11.4 Å². The van der Waals surface area contributed by atoms with Gasteiger partial charge in [0, 0.05) is 5.56 Å². The SMILES string of the molecule is Cc1cc(F)ccc1-c1nc(N)c(C)c(=O)[nH]1. The molecule has 1 heterocycles. The molecule has 5 heteroatoms. The van der Waals surface area contributed by atoms with Crippen LogP contribution in [0.5, 0.6) is 0 Å². The number of nitrogen functional groups attached to an aromatic ring is 1. The molecule has 2 aromatic rings. The molecule has 0 saturated carbocycles. The van der Waals surface area contributed by atoms with Gasteiger partial charge in [0.15, 0.2) is 0 Å². The first-order valence-corrected chi connectivity index (χ1v) is 5.12. The number of aromatic amines is 1. The maximum absolute atomic E-state index is 13.0. The van der Waals surface area contributed by atoms with Crippen molar-refractivity contribution in [3.63, 3.8) is 0 Å². The van der Waals surface area contributed by atoms with E-state index in [1.807, 2.05) is 0 Å². The fourth-order valence-corrected chi connectivity index (χ4v) is 1.57. The van der Waals surface area contributed by atoms with E-state index in [2.05, 4.69) is 9.97 Å². The second kappa shape index (κ2) is 4.01. The summed E-state index contributed by atoms with van der Waals surface area (Å²) in [5, 5.41) is 0. The Morgan fingerprint density at radius 2 is 2.06 bits per heavy atom. The molecule has 0 unspecified atom stereocenters. The Bertz CT molecular complexity index is 634. The number of halogens is 1. The second-order valence-corrected chi connectivity index (χ2v) is 3.88. The summed E-state index contributed by atoms with van der Waals surface area (Å²) in [6.45, 7) is 3.34. The fraction of sp³-hybridized carbons (Fsp3) is 0.167. The maximum Gasteiger partial charge on any atom is 0.256 e. The highest BCUT2D eigenvalue weighted by molar-refractivity contribution is 5.61. The number of nitrogens with two attached hydrogens (primary N) is 1. The van der Waals surface area contributed by atoms with Crippen LogP contribution in [0.15, 0.2) is 23.0 Å². The summed E-state index contributed by atoms with van der Waals surface area (Å²) >= 11 is 0. The quantitative estimate of drug-likeness (QED) is 0.788. The molecule has 0 spiro atoms. The van der Waals surface area contributed by atoms with Crippen LogP contribution in [-0.4, -0.2) is 9.97 Å². The second-order valence-electron chi connectivity index (χ2n) is 3.88. The molecular weight excluding hydrogens is 221 g/mol. The predicted molar refractivity (Wildman–Crippen MR) is 64.1 cm³/mol. The van der Waals surface area contributed by atoms with Crippen LogP contribution in [0.3, 0.4) is 0 Å². The first-order chi connectivity index (χ1) is 7.99. The van der Waals surface area contributed by atoms with Crippen molar-refractivity contribution in [1.82, 2.24) is 9.97 Å². The Morgan fingerprint density at radius 3 is 2.65 bits per heavy atom. The Kier molecular flexibility index (Phi) is 2.67. The van der Waals surface area contributed by atoms with Crippen molar-refractivity contribution in [2.45, 2.75) is 13.8 Å². The Balaban J connectivity index is 2.65. The van der Waals surface area contributed by atoms with E-state index < -0.39 is 0 Å². The van der Waals surface area contributed by atoms with Crippen molar-refractivity contribution in [3.05, 3.63) is 45.5 Å². The molecule has 1 aromatic heterocycles. The van der Waals surface area contributed by atoms with E-state index in [0.29, 0.717) is 22.5 Å². The van der Waals surface area contributed by atoms with Gasteiger partial charge in [-0.25, -0.2) is 9.37 Å². The number of nitrogens with zero attached hydrogens (tertiary/aromatic N) is 1. The minimum absolute atomic E-state index is 0.187. The molecule has 0 saturated heterocycles. The van der Waals surface area contributed by atoms with Crippen molar-refractivity contribution >= 4 is 5.82 Å². The molecule has 0 atom stereocenters. The van der Waals surface area contributed by atoms with Gasteiger partial charge in [-0.05, 0) is 37.6 Å². The molecule has 3 N–H and O–H groups in total. The summed E-state index contributed by atoms with van der Waals surface area (Å²) in [6.07, 6.45) is 0. The molecule has 0 aliphatic heterocycles. The number of rotatable bonds is 1. The van der Waals surface area contributed by atoms with Gasteiger partial charge in [0.25, 0.3) is 5.56 Å². The first kappa shape index (κ1) is 11.3. The van der Waals surface area contributed by atoms with Crippen molar-refractivity contribution in [3.8, 4) is 11.4 Å². The largest absolute Gasteiger partial charge is 0.383 e. The zero-order valence-corrected chi connectivity index (χ0v) is 9.54. The lowest BCUT2D eigenvalue weighted by Gasteiger charge is -2.07. The van der Waals surface area contributed by atoms with Crippen molar-refractivity contribution in [1.29, 1.82) is 0 Å². The highest BCUT2D eigenvalue weighted by atomic mass is 19.1. The third kappa shape index (κ3) is 2.04. The average molecular weight is 233 g/mol. The highest BCUT2D eigenvalue weighted by Gasteiger charge is 2.09. The summed E-state index contributed by atoms with van der Waals surface area (Å²) in [5.41, 5.74) is 7.09. The van der Waals surface area contributed by atoms with Crippen LogP contribution in [-0.2, 0) is 0 Å². The van der Waals surface area contributed by atoms with Gasteiger partial charge in [-0.2, -0.15) is 0 Å². The Labute approximate surface area is 97.3 Å². The van der Waals surface area contributed by atoms with Crippen LogP contribution in [0.2, 0.25) is 0 Å². The standard InChI is InChI=1S/C12H12FN3O/c1-6-5-8(13)3-4-9(6)11-15-10(14)7(2)12(17)16-11/h3-5H,1-2H3,(H3,14,15,16,17). The molecule has 4 nitrogen and oxygen atoms in total. The van der Waals surface area contributed by atoms with Gasteiger partial charge in [0.05, 0.1) is 5.56 Å². The minimum Gasteiger partial charge on any atom is -0.383 e. The van der Waals surface area contributed by atoms with E-state index in [9.17, 15) is 9.18 Å². The average Bonchev–Trinajstić information content (AvgIpc) is 2.25. The summed E-state index contributed by atoms with van der Waals surface area (Å²) < 4.78 is 13.0. The molecule has 0 fully saturated rings. The molecule has 0 amide bonds. The van der Waals surface area contributed by atoms with Crippen molar-refractivity contribution in [2.24, 2.45) is 0 Å². The Morgan fingerprint density at radius 1 is 1.35 bits per heavy atom. The number of anilines is 1. The molecular formula is C12H12FN3O. The number of nitrogens with one attached hydrogen (secondary N) is 1. The number of hydrogen-bond acceptors (Lipinski definition) is 3. The van der Waals surface area contributed by atoms with Crippen LogP contribution in [0, 0.1) is 19.7 Å². The molecule has 0 aliphatic carbocycles. The number of hydrogen-bond donors (Lipinski definition) is 2. The van der Waals surface area contributed by atoms with E-state index in [0.717, 1.165) is 0 Å². The lowest BCUT2D eigenvalue weighted by atomic mass is 10.1. The van der Waals surface area contributed by atoms with Gasteiger partial charge < -0.3 is 10.7 Å². The molecule has 0 radical (unpaired) electrons. The van der Waals surface area contributed by atoms with Crippen molar-refractivity contribution < 1.29 is 4.39 Å². The molecule has 0 bridgehead atoms. The van der Waals surface area contributed by atoms with E-state index >= 15 is 0 Å². The number of benzene rings is 1. The van der Waals surface area contributed by atoms with Crippen LogP contribution in [0.1, 0.15) is 11.1 Å². The molecule has 88 valence electrons.